The van der Waals surface area contributed by atoms with Gasteiger partial charge in [-0.25, -0.2) is 0 Å². The molecule has 0 atom stereocenters. The van der Waals surface area contributed by atoms with Crippen molar-refractivity contribution in [2.75, 3.05) is 5.32 Å². The number of ketones is 1. The van der Waals surface area contributed by atoms with Gasteiger partial charge < -0.3 is 5.32 Å². The first kappa shape index (κ1) is 16.2. The number of carbonyl (C=O) groups is 2. The first-order valence-corrected chi connectivity index (χ1v) is 8.13. The molecule has 0 fully saturated rings. The standard InChI is InChI=1S/C21H21NO2/c1-21(2)13-17(12-19(23)14-21)15-8-10-16(11-9-15)20(24)22-18-6-4-3-5-7-18/h3-12H,13-14H2,1-2H3,(H,22,24). The number of carbonyl (C=O) groups excluding carboxylic acids is 2. The van der Waals surface area contributed by atoms with Crippen LogP contribution < -0.4 is 5.32 Å². The molecule has 0 heterocycles. The Morgan fingerprint density at radius 1 is 0.958 bits per heavy atom. The van der Waals surface area contributed by atoms with Crippen LogP contribution in [-0.4, -0.2) is 11.7 Å². The Hall–Kier alpha value is -2.68. The molecular formula is C21H21NO2. The Morgan fingerprint density at radius 3 is 2.25 bits per heavy atom. The quantitative estimate of drug-likeness (QED) is 0.890. The predicted octanol–water partition coefficient (Wildman–Crippen LogP) is 4.71. The molecular weight excluding hydrogens is 298 g/mol. The minimum atomic E-state index is -0.137. The molecule has 1 N–H and O–H groups in total. The molecule has 24 heavy (non-hydrogen) atoms. The summed E-state index contributed by atoms with van der Waals surface area (Å²) in [7, 11) is 0. The van der Waals surface area contributed by atoms with E-state index in [0.29, 0.717) is 12.0 Å². The number of rotatable bonds is 3. The average Bonchev–Trinajstić information content (AvgIpc) is 2.54. The Balaban J connectivity index is 1.76. The lowest BCUT2D eigenvalue weighted by molar-refractivity contribution is -0.116. The number of allylic oxidation sites excluding steroid dienone is 2. The number of hydrogen-bond donors (Lipinski definition) is 1. The summed E-state index contributed by atoms with van der Waals surface area (Å²) < 4.78 is 0. The second-order valence-corrected chi connectivity index (χ2v) is 7.05. The summed E-state index contributed by atoms with van der Waals surface area (Å²) in [5, 5.41) is 2.87. The van der Waals surface area contributed by atoms with E-state index < -0.39 is 0 Å². The van der Waals surface area contributed by atoms with E-state index in [2.05, 4.69) is 19.2 Å². The summed E-state index contributed by atoms with van der Waals surface area (Å²) in [6.45, 7) is 4.22. The summed E-state index contributed by atoms with van der Waals surface area (Å²) in [5.74, 6) is 0.0360. The number of para-hydroxylation sites is 1. The van der Waals surface area contributed by atoms with Crippen molar-refractivity contribution in [3.8, 4) is 0 Å². The summed E-state index contributed by atoms with van der Waals surface area (Å²) in [4.78, 5) is 24.2. The number of benzene rings is 2. The number of amides is 1. The van der Waals surface area contributed by atoms with Crippen molar-refractivity contribution >= 4 is 23.0 Å². The predicted molar refractivity (Wildman–Crippen MR) is 96.8 cm³/mol. The molecule has 1 aliphatic carbocycles. The van der Waals surface area contributed by atoms with Crippen LogP contribution in [0, 0.1) is 5.41 Å². The highest BCUT2D eigenvalue weighted by Gasteiger charge is 2.27. The molecule has 0 saturated heterocycles. The topological polar surface area (TPSA) is 46.2 Å². The molecule has 122 valence electrons. The van der Waals surface area contributed by atoms with E-state index in [1.807, 2.05) is 42.5 Å². The molecule has 0 saturated carbocycles. The van der Waals surface area contributed by atoms with Gasteiger partial charge in [-0.3, -0.25) is 9.59 Å². The lowest BCUT2D eigenvalue weighted by atomic mass is 9.75. The second-order valence-electron chi connectivity index (χ2n) is 7.05. The number of nitrogens with one attached hydrogen (secondary N) is 1. The van der Waals surface area contributed by atoms with E-state index in [1.165, 1.54) is 0 Å². The van der Waals surface area contributed by atoms with Crippen LogP contribution in [0.25, 0.3) is 5.57 Å². The zero-order valence-electron chi connectivity index (χ0n) is 14.0. The van der Waals surface area contributed by atoms with Gasteiger partial charge in [-0.2, -0.15) is 0 Å². The molecule has 3 rings (SSSR count). The summed E-state index contributed by atoms with van der Waals surface area (Å²) in [5.41, 5.74) is 3.42. The summed E-state index contributed by atoms with van der Waals surface area (Å²) in [6, 6.07) is 16.8. The van der Waals surface area contributed by atoms with Crippen LogP contribution in [0.3, 0.4) is 0 Å². The molecule has 2 aromatic rings. The van der Waals surface area contributed by atoms with Gasteiger partial charge in [0, 0.05) is 17.7 Å². The first-order chi connectivity index (χ1) is 11.4. The van der Waals surface area contributed by atoms with Crippen molar-refractivity contribution in [2.45, 2.75) is 26.7 Å². The lowest BCUT2D eigenvalue weighted by Crippen LogP contribution is -2.21. The van der Waals surface area contributed by atoms with Crippen LogP contribution in [0.1, 0.15) is 42.6 Å². The second kappa shape index (κ2) is 6.44. The maximum Gasteiger partial charge on any atom is 0.255 e. The van der Waals surface area contributed by atoms with Gasteiger partial charge in [-0.15, -0.1) is 0 Å². The fourth-order valence-corrected chi connectivity index (χ4v) is 3.09. The zero-order chi connectivity index (χ0) is 17.2. The number of hydrogen-bond acceptors (Lipinski definition) is 2. The van der Waals surface area contributed by atoms with Crippen molar-refractivity contribution in [1.29, 1.82) is 0 Å². The third-order valence-corrected chi connectivity index (χ3v) is 4.21. The molecule has 0 radical (unpaired) electrons. The van der Waals surface area contributed by atoms with E-state index in [9.17, 15) is 9.59 Å². The maximum atomic E-state index is 12.3. The van der Waals surface area contributed by atoms with Gasteiger partial charge in [0.25, 0.3) is 5.91 Å². The highest BCUT2D eigenvalue weighted by Crippen LogP contribution is 2.38. The summed E-state index contributed by atoms with van der Waals surface area (Å²) in [6.07, 6.45) is 3.20. The van der Waals surface area contributed by atoms with Crippen LogP contribution in [0.5, 0.6) is 0 Å². The van der Waals surface area contributed by atoms with E-state index in [0.717, 1.165) is 23.2 Å². The Labute approximate surface area is 142 Å². The Bertz CT molecular complexity index is 786. The Morgan fingerprint density at radius 2 is 1.62 bits per heavy atom. The van der Waals surface area contributed by atoms with Gasteiger partial charge in [-0.1, -0.05) is 44.2 Å². The van der Waals surface area contributed by atoms with Crippen LogP contribution in [-0.2, 0) is 4.79 Å². The lowest BCUT2D eigenvalue weighted by Gasteiger charge is -2.29. The van der Waals surface area contributed by atoms with Crippen molar-refractivity contribution < 1.29 is 9.59 Å². The molecule has 2 aromatic carbocycles. The average molecular weight is 319 g/mol. The van der Waals surface area contributed by atoms with Gasteiger partial charge in [0.1, 0.15) is 0 Å². The molecule has 0 aliphatic heterocycles. The van der Waals surface area contributed by atoms with Crippen molar-refractivity contribution in [3.05, 3.63) is 71.8 Å². The molecule has 1 amide bonds. The largest absolute Gasteiger partial charge is 0.322 e. The van der Waals surface area contributed by atoms with Gasteiger partial charge >= 0.3 is 0 Å². The smallest absolute Gasteiger partial charge is 0.255 e. The highest BCUT2D eigenvalue weighted by atomic mass is 16.1. The van der Waals surface area contributed by atoms with Crippen LogP contribution >= 0.6 is 0 Å². The molecule has 0 unspecified atom stereocenters. The van der Waals surface area contributed by atoms with E-state index in [-0.39, 0.29) is 17.1 Å². The molecule has 3 heteroatoms. The molecule has 3 nitrogen and oxygen atoms in total. The molecule has 0 bridgehead atoms. The third-order valence-electron chi connectivity index (χ3n) is 4.21. The summed E-state index contributed by atoms with van der Waals surface area (Å²) >= 11 is 0. The molecule has 0 spiro atoms. The maximum absolute atomic E-state index is 12.3. The van der Waals surface area contributed by atoms with Crippen molar-refractivity contribution in [1.82, 2.24) is 0 Å². The van der Waals surface area contributed by atoms with Crippen LogP contribution in [0.2, 0.25) is 0 Å². The minimum Gasteiger partial charge on any atom is -0.322 e. The zero-order valence-corrected chi connectivity index (χ0v) is 14.0. The van der Waals surface area contributed by atoms with Crippen molar-refractivity contribution in [2.24, 2.45) is 5.41 Å². The fourth-order valence-electron chi connectivity index (χ4n) is 3.09. The Kier molecular flexibility index (Phi) is 4.34. The van der Waals surface area contributed by atoms with Crippen LogP contribution in [0.4, 0.5) is 5.69 Å². The monoisotopic (exact) mass is 319 g/mol. The number of anilines is 1. The minimum absolute atomic E-state index is 0.00940. The molecule has 0 aromatic heterocycles. The van der Waals surface area contributed by atoms with E-state index in [4.69, 9.17) is 0 Å². The first-order valence-electron chi connectivity index (χ1n) is 8.13. The van der Waals surface area contributed by atoms with E-state index >= 15 is 0 Å². The molecule has 1 aliphatic rings. The van der Waals surface area contributed by atoms with Gasteiger partial charge in [0.05, 0.1) is 0 Å². The highest BCUT2D eigenvalue weighted by molar-refractivity contribution is 6.04. The third kappa shape index (κ3) is 3.80. The van der Waals surface area contributed by atoms with E-state index in [1.54, 1.807) is 18.2 Å². The SMILES string of the molecule is CC1(C)CC(=O)C=C(c2ccc(C(=O)Nc3ccccc3)cc2)C1. The van der Waals surface area contributed by atoms with Gasteiger partial charge in [0.15, 0.2) is 5.78 Å². The van der Waals surface area contributed by atoms with Crippen LogP contribution in [0.15, 0.2) is 60.7 Å². The van der Waals surface area contributed by atoms with Crippen molar-refractivity contribution in [3.63, 3.8) is 0 Å². The fraction of sp³-hybridized carbons (Fsp3) is 0.238. The van der Waals surface area contributed by atoms with Gasteiger partial charge in [0.2, 0.25) is 0 Å². The van der Waals surface area contributed by atoms with Gasteiger partial charge in [-0.05, 0) is 53.3 Å². The normalized spacial score (nSPS) is 16.4.